The molecular formula is C15H22F3NO3. The monoisotopic (exact) mass is 321 g/mol. The van der Waals surface area contributed by atoms with Crippen LogP contribution in [0.3, 0.4) is 0 Å². The maximum atomic E-state index is 12.2. The number of dihydropyridines is 1. The summed E-state index contributed by atoms with van der Waals surface area (Å²) < 4.78 is 46.9. The van der Waals surface area contributed by atoms with Crippen LogP contribution < -0.4 is 5.32 Å². The zero-order valence-electron chi connectivity index (χ0n) is 12.6. The summed E-state index contributed by atoms with van der Waals surface area (Å²) in [5, 5.41) is 13.0. The van der Waals surface area contributed by atoms with Crippen LogP contribution >= 0.6 is 0 Å². The van der Waals surface area contributed by atoms with Crippen LogP contribution in [0.25, 0.3) is 0 Å². The van der Waals surface area contributed by atoms with Gasteiger partial charge < -0.3 is 19.9 Å². The van der Waals surface area contributed by atoms with Crippen LogP contribution in [0.15, 0.2) is 23.1 Å². The van der Waals surface area contributed by atoms with Gasteiger partial charge in [0.05, 0.1) is 18.3 Å². The number of methoxy groups -OCH3 is 1. The SMILES string of the molecule is COC(O)C1=CC(OCCCC(F)(F)F)=C2CCCCC2N1. The molecule has 0 aromatic carbocycles. The van der Waals surface area contributed by atoms with Crippen LogP contribution in [-0.4, -0.2) is 37.3 Å². The highest BCUT2D eigenvalue weighted by atomic mass is 19.4. The van der Waals surface area contributed by atoms with Crippen LogP contribution in [0.5, 0.6) is 0 Å². The lowest BCUT2D eigenvalue weighted by atomic mass is 9.87. The van der Waals surface area contributed by atoms with Crippen LogP contribution in [0, 0.1) is 0 Å². The molecule has 0 radical (unpaired) electrons. The molecule has 1 fully saturated rings. The van der Waals surface area contributed by atoms with E-state index >= 15 is 0 Å². The molecule has 1 aliphatic carbocycles. The molecule has 0 aromatic heterocycles. The minimum absolute atomic E-state index is 0.0118. The third-order valence-corrected chi connectivity index (χ3v) is 3.90. The average molecular weight is 321 g/mol. The highest BCUT2D eigenvalue weighted by molar-refractivity contribution is 5.34. The molecule has 1 heterocycles. The molecular weight excluding hydrogens is 299 g/mol. The number of fused-ring (bicyclic) bond motifs is 1. The van der Waals surface area contributed by atoms with Gasteiger partial charge in [-0.05, 0) is 31.3 Å². The summed E-state index contributed by atoms with van der Waals surface area (Å²) in [5.41, 5.74) is 1.56. The summed E-state index contributed by atoms with van der Waals surface area (Å²) in [6, 6.07) is 0.0659. The van der Waals surface area contributed by atoms with E-state index in [1.54, 1.807) is 6.08 Å². The van der Waals surface area contributed by atoms with E-state index in [1.165, 1.54) is 7.11 Å². The summed E-state index contributed by atoms with van der Waals surface area (Å²) in [7, 11) is 1.39. The summed E-state index contributed by atoms with van der Waals surface area (Å²) in [5.74, 6) is 0.580. The highest BCUT2D eigenvalue weighted by Crippen LogP contribution is 2.32. The molecule has 22 heavy (non-hydrogen) atoms. The fourth-order valence-electron chi connectivity index (χ4n) is 2.80. The lowest BCUT2D eigenvalue weighted by Crippen LogP contribution is -2.40. The Hall–Kier alpha value is -1.21. The number of rotatable bonds is 6. The third kappa shape index (κ3) is 4.64. The first kappa shape index (κ1) is 17.1. The van der Waals surface area contributed by atoms with Crippen molar-refractivity contribution in [2.24, 2.45) is 0 Å². The number of aliphatic hydroxyl groups excluding tert-OH is 1. The number of aliphatic hydroxyl groups is 1. The molecule has 126 valence electrons. The standard InChI is InChI=1S/C15H22F3NO3/c1-21-14(20)12-9-13(22-8-4-7-15(16,17)18)10-5-2-3-6-11(10)19-12/h9,11,14,19-20H,2-8H2,1H3. The number of nitrogens with one attached hydrogen (secondary N) is 1. The highest BCUT2D eigenvalue weighted by Gasteiger charge is 2.30. The van der Waals surface area contributed by atoms with Gasteiger partial charge in [0.2, 0.25) is 0 Å². The van der Waals surface area contributed by atoms with E-state index in [1.807, 2.05) is 0 Å². The van der Waals surface area contributed by atoms with E-state index in [4.69, 9.17) is 9.47 Å². The maximum Gasteiger partial charge on any atom is 0.389 e. The first-order valence-electron chi connectivity index (χ1n) is 7.52. The second-order valence-corrected chi connectivity index (χ2v) is 5.59. The van der Waals surface area contributed by atoms with Crippen LogP contribution in [0.2, 0.25) is 0 Å². The fourth-order valence-corrected chi connectivity index (χ4v) is 2.80. The molecule has 1 aliphatic heterocycles. The van der Waals surface area contributed by atoms with Crippen LogP contribution in [0.1, 0.15) is 38.5 Å². The first-order chi connectivity index (χ1) is 10.4. The Kier molecular flexibility index (Phi) is 5.74. The first-order valence-corrected chi connectivity index (χ1v) is 7.52. The number of allylic oxidation sites excluding steroid dienone is 1. The Morgan fingerprint density at radius 1 is 1.41 bits per heavy atom. The second-order valence-electron chi connectivity index (χ2n) is 5.59. The number of hydrogen-bond donors (Lipinski definition) is 2. The van der Waals surface area contributed by atoms with Gasteiger partial charge in [-0.2, -0.15) is 13.2 Å². The van der Waals surface area contributed by atoms with Crippen LogP contribution in [0.4, 0.5) is 13.2 Å². The van der Waals surface area contributed by atoms with Gasteiger partial charge in [0.1, 0.15) is 5.76 Å². The molecule has 2 unspecified atom stereocenters. The summed E-state index contributed by atoms with van der Waals surface area (Å²) in [4.78, 5) is 0. The van der Waals surface area contributed by atoms with E-state index in [2.05, 4.69) is 5.32 Å². The van der Waals surface area contributed by atoms with Gasteiger partial charge in [0.15, 0.2) is 6.29 Å². The lowest BCUT2D eigenvalue weighted by molar-refractivity contribution is -0.137. The molecule has 2 N–H and O–H groups in total. The van der Waals surface area contributed by atoms with Gasteiger partial charge in [-0.3, -0.25) is 0 Å². The molecule has 0 bridgehead atoms. The van der Waals surface area contributed by atoms with Crippen molar-refractivity contribution < 1.29 is 27.8 Å². The van der Waals surface area contributed by atoms with E-state index in [0.29, 0.717) is 11.5 Å². The summed E-state index contributed by atoms with van der Waals surface area (Å²) in [6.45, 7) is 0.0118. The van der Waals surface area contributed by atoms with Crippen molar-refractivity contribution in [1.82, 2.24) is 5.32 Å². The van der Waals surface area contributed by atoms with Crippen molar-refractivity contribution in [3.63, 3.8) is 0 Å². The van der Waals surface area contributed by atoms with E-state index in [0.717, 1.165) is 31.3 Å². The molecule has 0 spiro atoms. The minimum atomic E-state index is -4.16. The zero-order chi connectivity index (χ0) is 16.2. The van der Waals surface area contributed by atoms with Crippen molar-refractivity contribution in [3.8, 4) is 0 Å². The van der Waals surface area contributed by atoms with Crippen molar-refractivity contribution in [2.75, 3.05) is 13.7 Å². The van der Waals surface area contributed by atoms with Gasteiger partial charge in [0.25, 0.3) is 0 Å². The number of ether oxygens (including phenoxy) is 2. The molecule has 0 amide bonds. The van der Waals surface area contributed by atoms with Crippen molar-refractivity contribution in [3.05, 3.63) is 23.1 Å². The Morgan fingerprint density at radius 3 is 2.86 bits per heavy atom. The molecule has 4 nitrogen and oxygen atoms in total. The predicted molar refractivity (Wildman–Crippen MR) is 74.8 cm³/mol. The summed E-state index contributed by atoms with van der Waals surface area (Å²) in [6.07, 6.45) is -0.648. The minimum Gasteiger partial charge on any atom is -0.493 e. The van der Waals surface area contributed by atoms with E-state index < -0.39 is 18.9 Å². The predicted octanol–water partition coefficient (Wildman–Crippen LogP) is 2.99. The largest absolute Gasteiger partial charge is 0.493 e. The molecule has 2 rings (SSSR count). The van der Waals surface area contributed by atoms with Gasteiger partial charge in [-0.1, -0.05) is 6.42 Å². The lowest BCUT2D eigenvalue weighted by Gasteiger charge is -2.34. The quantitative estimate of drug-likeness (QED) is 0.583. The number of halogens is 3. The fraction of sp³-hybridized carbons (Fsp3) is 0.733. The van der Waals surface area contributed by atoms with Crippen molar-refractivity contribution in [1.29, 1.82) is 0 Å². The molecule has 0 saturated heterocycles. The van der Waals surface area contributed by atoms with E-state index in [-0.39, 0.29) is 19.1 Å². The second kappa shape index (κ2) is 7.37. The maximum absolute atomic E-state index is 12.2. The molecule has 1 saturated carbocycles. The Balaban J connectivity index is 2.03. The van der Waals surface area contributed by atoms with E-state index in [9.17, 15) is 18.3 Å². The van der Waals surface area contributed by atoms with Crippen molar-refractivity contribution >= 4 is 0 Å². The van der Waals surface area contributed by atoms with Gasteiger partial charge in [-0.15, -0.1) is 0 Å². The van der Waals surface area contributed by atoms with Gasteiger partial charge in [0, 0.05) is 19.6 Å². The van der Waals surface area contributed by atoms with Gasteiger partial charge >= 0.3 is 6.18 Å². The zero-order valence-corrected chi connectivity index (χ0v) is 12.6. The van der Waals surface area contributed by atoms with Crippen LogP contribution in [-0.2, 0) is 9.47 Å². The molecule has 2 atom stereocenters. The smallest absolute Gasteiger partial charge is 0.389 e. The molecule has 2 aliphatic rings. The Bertz CT molecular complexity index is 446. The number of alkyl halides is 3. The molecule has 7 heteroatoms. The van der Waals surface area contributed by atoms with Gasteiger partial charge in [-0.25, -0.2) is 0 Å². The summed E-state index contributed by atoms with van der Waals surface area (Å²) >= 11 is 0. The average Bonchev–Trinajstić information content (AvgIpc) is 2.49. The Morgan fingerprint density at radius 2 is 2.18 bits per heavy atom. The molecule has 0 aromatic rings. The topological polar surface area (TPSA) is 50.7 Å². The van der Waals surface area contributed by atoms with Crippen molar-refractivity contribution in [2.45, 2.75) is 57.0 Å². The number of hydrogen-bond acceptors (Lipinski definition) is 4. The third-order valence-electron chi connectivity index (χ3n) is 3.90. The Labute approximate surface area is 128 Å². The normalized spacial score (nSPS) is 23.5.